The lowest BCUT2D eigenvalue weighted by Crippen LogP contribution is -2.45. The first-order chi connectivity index (χ1) is 9.79. The smallest absolute Gasteiger partial charge is 0.205 e. The number of anilines is 1. The van der Waals surface area contributed by atoms with E-state index in [1.807, 2.05) is 6.20 Å². The van der Waals surface area contributed by atoms with Crippen LogP contribution in [0.1, 0.15) is 57.9 Å². The molecule has 4 nitrogen and oxygen atoms in total. The van der Waals surface area contributed by atoms with Crippen molar-refractivity contribution in [2.75, 3.05) is 18.0 Å². The molecule has 2 fully saturated rings. The van der Waals surface area contributed by atoms with Crippen molar-refractivity contribution < 1.29 is 0 Å². The highest BCUT2D eigenvalue weighted by atomic mass is 15.3. The molecule has 1 aromatic heterocycles. The third kappa shape index (κ3) is 2.71. The summed E-state index contributed by atoms with van der Waals surface area (Å²) in [5.41, 5.74) is 5.89. The zero-order valence-corrected chi connectivity index (χ0v) is 12.7. The molecule has 0 radical (unpaired) electrons. The molecule has 112 valence electrons. The topological polar surface area (TPSA) is 47.1 Å². The Balaban J connectivity index is 1.80. The van der Waals surface area contributed by atoms with Gasteiger partial charge in [0.25, 0.3) is 0 Å². The van der Waals surface area contributed by atoms with Gasteiger partial charge in [-0.25, -0.2) is 4.98 Å². The molecule has 2 N–H and O–H groups in total. The van der Waals surface area contributed by atoms with E-state index in [4.69, 9.17) is 5.73 Å². The van der Waals surface area contributed by atoms with Crippen LogP contribution in [0.15, 0.2) is 12.4 Å². The Labute approximate surface area is 122 Å². The molecule has 2 unspecified atom stereocenters. The SMILES string of the molecule is CC1CCC(CN)CN1c1nccn1C1CCCCC1. The van der Waals surface area contributed by atoms with Gasteiger partial charge < -0.3 is 15.2 Å². The van der Waals surface area contributed by atoms with Crippen LogP contribution < -0.4 is 10.6 Å². The van der Waals surface area contributed by atoms with Crippen LogP contribution in [0.4, 0.5) is 5.95 Å². The van der Waals surface area contributed by atoms with E-state index in [1.165, 1.54) is 50.9 Å². The van der Waals surface area contributed by atoms with Crippen LogP contribution >= 0.6 is 0 Å². The molecule has 1 saturated heterocycles. The van der Waals surface area contributed by atoms with E-state index in [-0.39, 0.29) is 0 Å². The molecule has 1 aliphatic heterocycles. The van der Waals surface area contributed by atoms with Crippen molar-refractivity contribution in [1.29, 1.82) is 0 Å². The lowest BCUT2D eigenvalue weighted by molar-refractivity contribution is 0.334. The predicted molar refractivity (Wildman–Crippen MR) is 82.9 cm³/mol. The summed E-state index contributed by atoms with van der Waals surface area (Å²) in [7, 11) is 0. The van der Waals surface area contributed by atoms with E-state index in [1.54, 1.807) is 0 Å². The predicted octanol–water partition coefficient (Wildman–Crippen LogP) is 2.95. The zero-order chi connectivity index (χ0) is 13.9. The van der Waals surface area contributed by atoms with Crippen molar-refractivity contribution in [2.45, 2.75) is 64.0 Å². The number of imidazole rings is 1. The fourth-order valence-electron chi connectivity index (χ4n) is 3.83. The minimum Gasteiger partial charge on any atom is -0.339 e. The number of nitrogens with zero attached hydrogens (tertiary/aromatic N) is 3. The molecule has 3 rings (SSSR count). The summed E-state index contributed by atoms with van der Waals surface area (Å²) in [6.07, 6.45) is 13.4. The van der Waals surface area contributed by atoms with Gasteiger partial charge in [0.05, 0.1) is 0 Å². The van der Waals surface area contributed by atoms with Crippen LogP contribution in [0.2, 0.25) is 0 Å². The first-order valence-electron chi connectivity index (χ1n) is 8.29. The van der Waals surface area contributed by atoms with Gasteiger partial charge in [-0.2, -0.15) is 0 Å². The molecule has 2 aliphatic rings. The molecule has 1 saturated carbocycles. The van der Waals surface area contributed by atoms with Crippen molar-refractivity contribution in [3.8, 4) is 0 Å². The maximum absolute atomic E-state index is 5.89. The molecule has 20 heavy (non-hydrogen) atoms. The lowest BCUT2D eigenvalue weighted by Gasteiger charge is -2.39. The first-order valence-corrected chi connectivity index (χ1v) is 8.29. The van der Waals surface area contributed by atoms with Crippen LogP contribution in [-0.2, 0) is 0 Å². The van der Waals surface area contributed by atoms with E-state index in [0.717, 1.165) is 13.1 Å². The normalized spacial score (nSPS) is 28.8. The number of nitrogens with two attached hydrogens (primary N) is 1. The van der Waals surface area contributed by atoms with Gasteiger partial charge in [-0.1, -0.05) is 19.3 Å². The van der Waals surface area contributed by atoms with E-state index in [2.05, 4.69) is 27.6 Å². The number of hydrogen-bond acceptors (Lipinski definition) is 3. The summed E-state index contributed by atoms with van der Waals surface area (Å²) in [4.78, 5) is 7.18. The first kappa shape index (κ1) is 13.9. The third-order valence-corrected chi connectivity index (χ3v) is 5.19. The van der Waals surface area contributed by atoms with E-state index < -0.39 is 0 Å². The maximum Gasteiger partial charge on any atom is 0.205 e. The Bertz CT molecular complexity index is 422. The summed E-state index contributed by atoms with van der Waals surface area (Å²) in [5.74, 6) is 1.81. The average molecular weight is 276 g/mol. The van der Waals surface area contributed by atoms with E-state index in [9.17, 15) is 0 Å². The van der Waals surface area contributed by atoms with Gasteiger partial charge in [-0.3, -0.25) is 0 Å². The van der Waals surface area contributed by atoms with Gasteiger partial charge in [0.2, 0.25) is 5.95 Å². The molecular formula is C16H28N4. The van der Waals surface area contributed by atoms with Crippen molar-refractivity contribution in [3.05, 3.63) is 12.4 Å². The summed E-state index contributed by atoms with van der Waals surface area (Å²) in [5, 5.41) is 0. The Morgan fingerprint density at radius 3 is 2.75 bits per heavy atom. The second kappa shape index (κ2) is 6.17. The molecule has 1 aromatic rings. The van der Waals surface area contributed by atoms with Crippen LogP contribution in [0.5, 0.6) is 0 Å². The fraction of sp³-hybridized carbons (Fsp3) is 0.812. The maximum atomic E-state index is 5.89. The quantitative estimate of drug-likeness (QED) is 0.923. The molecule has 0 aromatic carbocycles. The summed E-state index contributed by atoms with van der Waals surface area (Å²) < 4.78 is 2.44. The van der Waals surface area contributed by atoms with Gasteiger partial charge in [0.1, 0.15) is 0 Å². The zero-order valence-electron chi connectivity index (χ0n) is 12.7. The monoisotopic (exact) mass is 276 g/mol. The highest BCUT2D eigenvalue weighted by Crippen LogP contribution is 2.33. The van der Waals surface area contributed by atoms with Crippen LogP contribution in [0, 0.1) is 5.92 Å². The Hall–Kier alpha value is -1.03. The van der Waals surface area contributed by atoms with Gasteiger partial charge in [-0.05, 0) is 45.1 Å². The van der Waals surface area contributed by atoms with Gasteiger partial charge in [-0.15, -0.1) is 0 Å². The number of piperidine rings is 1. The number of hydrogen-bond donors (Lipinski definition) is 1. The molecule has 0 bridgehead atoms. The van der Waals surface area contributed by atoms with Crippen molar-refractivity contribution >= 4 is 5.95 Å². The molecule has 0 amide bonds. The molecule has 2 heterocycles. The van der Waals surface area contributed by atoms with Gasteiger partial charge in [0.15, 0.2) is 0 Å². The largest absolute Gasteiger partial charge is 0.339 e. The van der Waals surface area contributed by atoms with E-state index in [0.29, 0.717) is 18.0 Å². The summed E-state index contributed by atoms with van der Waals surface area (Å²) >= 11 is 0. The lowest BCUT2D eigenvalue weighted by atomic mass is 9.93. The Kier molecular flexibility index (Phi) is 4.29. The molecule has 0 spiro atoms. The van der Waals surface area contributed by atoms with Crippen molar-refractivity contribution in [3.63, 3.8) is 0 Å². The van der Waals surface area contributed by atoms with E-state index >= 15 is 0 Å². The summed E-state index contributed by atoms with van der Waals surface area (Å²) in [6.45, 7) is 4.20. The second-order valence-electron chi connectivity index (χ2n) is 6.61. The number of rotatable bonds is 3. The molecule has 1 aliphatic carbocycles. The van der Waals surface area contributed by atoms with Crippen LogP contribution in [-0.4, -0.2) is 28.7 Å². The molecule has 4 heteroatoms. The minimum atomic E-state index is 0.586. The minimum absolute atomic E-state index is 0.586. The number of aromatic nitrogens is 2. The Morgan fingerprint density at radius 1 is 1.20 bits per heavy atom. The van der Waals surface area contributed by atoms with Gasteiger partial charge in [0, 0.05) is 31.0 Å². The molecule has 2 atom stereocenters. The second-order valence-corrected chi connectivity index (χ2v) is 6.61. The molecular weight excluding hydrogens is 248 g/mol. The van der Waals surface area contributed by atoms with Crippen LogP contribution in [0.25, 0.3) is 0 Å². The van der Waals surface area contributed by atoms with Crippen LogP contribution in [0.3, 0.4) is 0 Å². The summed E-state index contributed by atoms with van der Waals surface area (Å²) in [6, 6.07) is 1.24. The standard InChI is InChI=1S/C16H28N4/c1-13-7-8-14(11-17)12-20(13)16-18-9-10-19(16)15-5-3-2-4-6-15/h9-10,13-15H,2-8,11-12,17H2,1H3. The Morgan fingerprint density at radius 2 is 2.00 bits per heavy atom. The highest BCUT2D eigenvalue weighted by molar-refractivity contribution is 5.34. The van der Waals surface area contributed by atoms with Crippen molar-refractivity contribution in [1.82, 2.24) is 9.55 Å². The van der Waals surface area contributed by atoms with Gasteiger partial charge >= 0.3 is 0 Å². The fourth-order valence-corrected chi connectivity index (χ4v) is 3.83. The average Bonchev–Trinajstić information content (AvgIpc) is 2.98. The third-order valence-electron chi connectivity index (χ3n) is 5.19. The van der Waals surface area contributed by atoms with Crippen molar-refractivity contribution in [2.24, 2.45) is 11.7 Å². The highest BCUT2D eigenvalue weighted by Gasteiger charge is 2.29.